The molecular formula is C24H26N4O2S. The van der Waals surface area contributed by atoms with Crippen LogP contribution in [0.3, 0.4) is 0 Å². The molecule has 4 rings (SSSR count). The number of H-pyrrole nitrogens is 2. The maximum atomic E-state index is 12.8. The van der Waals surface area contributed by atoms with Crippen molar-refractivity contribution in [2.75, 3.05) is 14.1 Å². The first kappa shape index (κ1) is 21.1. The molecule has 31 heavy (non-hydrogen) atoms. The van der Waals surface area contributed by atoms with Crippen molar-refractivity contribution in [3.8, 4) is 0 Å². The highest BCUT2D eigenvalue weighted by molar-refractivity contribution is 8.01. The number of fused-ring (bicyclic) bond motifs is 2. The van der Waals surface area contributed by atoms with E-state index in [1.54, 1.807) is 14.1 Å². The highest BCUT2D eigenvalue weighted by atomic mass is 32.2. The monoisotopic (exact) mass is 434 g/mol. The van der Waals surface area contributed by atoms with E-state index in [1.165, 1.54) is 11.8 Å². The van der Waals surface area contributed by atoms with E-state index in [0.29, 0.717) is 12.8 Å². The minimum atomic E-state index is -0.392. The molecule has 0 saturated heterocycles. The van der Waals surface area contributed by atoms with Crippen molar-refractivity contribution in [1.29, 1.82) is 0 Å². The van der Waals surface area contributed by atoms with Crippen molar-refractivity contribution in [1.82, 2.24) is 20.6 Å². The summed E-state index contributed by atoms with van der Waals surface area (Å²) in [6, 6.07) is 16.1. The maximum absolute atomic E-state index is 12.8. The summed E-state index contributed by atoms with van der Waals surface area (Å²) in [4.78, 5) is 32.1. The Morgan fingerprint density at radius 1 is 0.774 bits per heavy atom. The molecule has 0 spiro atoms. The van der Waals surface area contributed by atoms with Crippen LogP contribution >= 0.6 is 11.8 Å². The fourth-order valence-corrected chi connectivity index (χ4v) is 5.36. The Bertz CT molecular complexity index is 1120. The summed E-state index contributed by atoms with van der Waals surface area (Å²) in [7, 11) is 3.28. The Balaban J connectivity index is 1.60. The Kier molecular flexibility index (Phi) is 6.32. The number of hydrogen-bond donors (Lipinski definition) is 4. The van der Waals surface area contributed by atoms with Gasteiger partial charge in [0.25, 0.3) is 0 Å². The Morgan fingerprint density at radius 3 is 1.61 bits per heavy atom. The molecule has 2 atom stereocenters. The summed E-state index contributed by atoms with van der Waals surface area (Å²) < 4.78 is 0. The fourth-order valence-electron chi connectivity index (χ4n) is 3.93. The van der Waals surface area contributed by atoms with Crippen LogP contribution in [-0.4, -0.2) is 46.4 Å². The van der Waals surface area contributed by atoms with Crippen LogP contribution in [0.2, 0.25) is 0 Å². The van der Waals surface area contributed by atoms with E-state index in [4.69, 9.17) is 0 Å². The molecule has 7 heteroatoms. The Labute approximate surface area is 185 Å². The van der Waals surface area contributed by atoms with E-state index >= 15 is 0 Å². The number of aromatic amines is 2. The van der Waals surface area contributed by atoms with E-state index in [1.807, 2.05) is 48.8 Å². The molecule has 0 radical (unpaired) electrons. The lowest BCUT2D eigenvalue weighted by Gasteiger charge is -2.21. The zero-order chi connectivity index (χ0) is 21.8. The largest absolute Gasteiger partial charge is 0.361 e. The van der Waals surface area contributed by atoms with E-state index in [0.717, 1.165) is 32.9 Å². The molecule has 0 bridgehead atoms. The summed E-state index contributed by atoms with van der Waals surface area (Å²) in [6.07, 6.45) is 4.98. The molecule has 0 aliphatic rings. The molecule has 0 aliphatic heterocycles. The molecule has 4 aromatic rings. The third-order valence-electron chi connectivity index (χ3n) is 5.57. The smallest absolute Gasteiger partial charge is 0.233 e. The molecule has 4 N–H and O–H groups in total. The highest BCUT2D eigenvalue weighted by Gasteiger charge is 2.29. The fraction of sp³-hybridized carbons (Fsp3) is 0.250. The molecule has 160 valence electrons. The standard InChI is InChI=1S/C24H26N4O2S/c1-25-23(29)21(11-15-13-27-19-9-5-3-7-17(15)19)31-22(24(30)26-2)12-16-14-28-20-10-6-4-8-18(16)20/h3-10,13-14,21-22,27-28H,11-12H2,1-2H3,(H,25,29)(H,26,30). The van der Waals surface area contributed by atoms with Crippen molar-refractivity contribution in [2.45, 2.75) is 23.3 Å². The molecule has 2 aromatic heterocycles. The summed E-state index contributed by atoms with van der Waals surface area (Å²) in [5.74, 6) is -0.161. The van der Waals surface area contributed by atoms with Gasteiger partial charge in [0, 0.05) is 48.3 Å². The van der Waals surface area contributed by atoms with Gasteiger partial charge in [-0.05, 0) is 36.1 Å². The van der Waals surface area contributed by atoms with Gasteiger partial charge in [0.05, 0.1) is 10.5 Å². The van der Waals surface area contributed by atoms with Crippen LogP contribution in [0.1, 0.15) is 11.1 Å². The van der Waals surface area contributed by atoms with Gasteiger partial charge in [-0.25, -0.2) is 0 Å². The van der Waals surface area contributed by atoms with Crippen molar-refractivity contribution < 1.29 is 9.59 Å². The van der Waals surface area contributed by atoms with Gasteiger partial charge in [0.2, 0.25) is 11.8 Å². The average molecular weight is 435 g/mol. The maximum Gasteiger partial charge on any atom is 0.233 e. The molecule has 2 aromatic carbocycles. The van der Waals surface area contributed by atoms with Gasteiger partial charge in [0.1, 0.15) is 0 Å². The van der Waals surface area contributed by atoms with Crippen LogP contribution in [-0.2, 0) is 22.4 Å². The molecule has 6 nitrogen and oxygen atoms in total. The van der Waals surface area contributed by atoms with E-state index in [-0.39, 0.29) is 11.8 Å². The molecule has 2 unspecified atom stereocenters. The van der Waals surface area contributed by atoms with Crippen LogP contribution in [0.15, 0.2) is 60.9 Å². The molecular weight excluding hydrogens is 408 g/mol. The van der Waals surface area contributed by atoms with Crippen molar-refractivity contribution in [2.24, 2.45) is 0 Å². The van der Waals surface area contributed by atoms with Crippen molar-refractivity contribution >= 4 is 45.4 Å². The van der Waals surface area contributed by atoms with Gasteiger partial charge in [0.15, 0.2) is 0 Å². The highest BCUT2D eigenvalue weighted by Crippen LogP contribution is 2.29. The third kappa shape index (κ3) is 4.46. The summed E-state index contributed by atoms with van der Waals surface area (Å²) in [5, 5.41) is 6.96. The van der Waals surface area contributed by atoms with E-state index < -0.39 is 10.5 Å². The van der Waals surface area contributed by atoms with Crippen LogP contribution in [0.4, 0.5) is 0 Å². The topological polar surface area (TPSA) is 89.8 Å². The molecule has 2 heterocycles. The van der Waals surface area contributed by atoms with Gasteiger partial charge < -0.3 is 20.6 Å². The van der Waals surface area contributed by atoms with Gasteiger partial charge >= 0.3 is 0 Å². The third-order valence-corrected chi connectivity index (χ3v) is 6.99. The number of para-hydroxylation sites is 2. The second-order valence-electron chi connectivity index (χ2n) is 7.47. The Hall–Kier alpha value is -3.19. The van der Waals surface area contributed by atoms with Crippen molar-refractivity contribution in [3.63, 3.8) is 0 Å². The van der Waals surface area contributed by atoms with E-state index in [9.17, 15) is 9.59 Å². The van der Waals surface area contributed by atoms with Gasteiger partial charge in [-0.2, -0.15) is 0 Å². The van der Waals surface area contributed by atoms with Gasteiger partial charge in [-0.15, -0.1) is 11.8 Å². The normalized spacial score (nSPS) is 13.2. The number of carbonyl (C=O) groups is 2. The lowest BCUT2D eigenvalue weighted by molar-refractivity contribution is -0.120. The minimum absolute atomic E-state index is 0.0805. The zero-order valence-electron chi connectivity index (χ0n) is 17.6. The summed E-state index contributed by atoms with van der Waals surface area (Å²) in [6.45, 7) is 0. The second kappa shape index (κ2) is 9.31. The molecule has 0 fully saturated rings. The quantitative estimate of drug-likeness (QED) is 0.343. The number of carbonyl (C=O) groups excluding carboxylic acids is 2. The number of aromatic nitrogens is 2. The zero-order valence-corrected chi connectivity index (χ0v) is 18.4. The number of hydrogen-bond acceptors (Lipinski definition) is 3. The van der Waals surface area contributed by atoms with Crippen LogP contribution in [0.5, 0.6) is 0 Å². The SMILES string of the molecule is CNC(=O)C(Cc1c[nH]c2ccccc12)SC(Cc1c[nH]c2ccccc12)C(=O)NC. The van der Waals surface area contributed by atoms with Crippen LogP contribution in [0, 0.1) is 0 Å². The number of amides is 2. The Morgan fingerprint density at radius 2 is 1.19 bits per heavy atom. The summed E-state index contributed by atoms with van der Waals surface area (Å²) in [5.41, 5.74) is 4.22. The second-order valence-corrected chi connectivity index (χ2v) is 8.88. The van der Waals surface area contributed by atoms with Gasteiger partial charge in [-0.3, -0.25) is 9.59 Å². The average Bonchev–Trinajstić information content (AvgIpc) is 3.41. The number of benzene rings is 2. The molecule has 0 saturated carbocycles. The van der Waals surface area contributed by atoms with Gasteiger partial charge in [-0.1, -0.05) is 36.4 Å². The number of rotatable bonds is 8. The lowest BCUT2D eigenvalue weighted by Crippen LogP contribution is -2.38. The molecule has 0 aliphatic carbocycles. The van der Waals surface area contributed by atoms with Crippen molar-refractivity contribution in [3.05, 3.63) is 72.1 Å². The van der Waals surface area contributed by atoms with Crippen LogP contribution < -0.4 is 10.6 Å². The minimum Gasteiger partial charge on any atom is -0.361 e. The van der Waals surface area contributed by atoms with Crippen LogP contribution in [0.25, 0.3) is 21.8 Å². The lowest BCUT2D eigenvalue weighted by atomic mass is 10.1. The first-order valence-electron chi connectivity index (χ1n) is 10.3. The summed E-state index contributed by atoms with van der Waals surface area (Å²) >= 11 is 1.42. The predicted molar refractivity (Wildman–Crippen MR) is 127 cm³/mol. The van der Waals surface area contributed by atoms with E-state index in [2.05, 4.69) is 32.7 Å². The first-order chi connectivity index (χ1) is 15.1. The first-order valence-corrected chi connectivity index (χ1v) is 11.2. The number of thioether (sulfide) groups is 1. The number of nitrogens with one attached hydrogen (secondary N) is 4. The predicted octanol–water partition coefficient (Wildman–Crippen LogP) is 3.40. The molecule has 2 amide bonds.